The van der Waals surface area contributed by atoms with Gasteiger partial charge in [-0.3, -0.25) is 0 Å². The molecule has 0 spiro atoms. The fraction of sp³-hybridized carbons (Fsp3) is 0.357. The lowest BCUT2D eigenvalue weighted by molar-refractivity contribution is 0.204. The fourth-order valence-corrected chi connectivity index (χ4v) is 2.05. The highest BCUT2D eigenvalue weighted by atomic mass is 16.5. The predicted octanol–water partition coefficient (Wildman–Crippen LogP) is 1.53. The lowest BCUT2D eigenvalue weighted by Crippen LogP contribution is -2.08. The maximum atomic E-state index is 10.4. The van der Waals surface area contributed by atoms with Crippen LogP contribution in [-0.4, -0.2) is 36.0 Å². The zero-order chi connectivity index (χ0) is 14.7. The van der Waals surface area contributed by atoms with Crippen molar-refractivity contribution in [1.29, 1.82) is 0 Å². The van der Waals surface area contributed by atoms with Gasteiger partial charge < -0.3 is 23.9 Å². The average molecular weight is 278 g/mol. The molecule has 1 heterocycles. The van der Waals surface area contributed by atoms with Gasteiger partial charge in [0.05, 0.1) is 21.3 Å². The number of imidazole rings is 1. The molecule has 6 nitrogen and oxygen atoms in total. The Balaban J connectivity index is 2.49. The predicted molar refractivity (Wildman–Crippen MR) is 73.4 cm³/mol. The lowest BCUT2D eigenvalue weighted by atomic mass is 10.1. The molecule has 0 aliphatic rings. The van der Waals surface area contributed by atoms with Gasteiger partial charge in [-0.25, -0.2) is 4.98 Å². The number of rotatable bonds is 5. The van der Waals surface area contributed by atoms with Crippen molar-refractivity contribution in [2.45, 2.75) is 6.10 Å². The summed E-state index contributed by atoms with van der Waals surface area (Å²) in [5.74, 6) is 2.02. The van der Waals surface area contributed by atoms with E-state index in [0.29, 0.717) is 28.6 Å². The summed E-state index contributed by atoms with van der Waals surface area (Å²) in [5, 5.41) is 10.4. The largest absolute Gasteiger partial charge is 0.493 e. The fourth-order valence-electron chi connectivity index (χ4n) is 2.05. The molecule has 0 radical (unpaired) electrons. The molecule has 0 amide bonds. The minimum absolute atomic E-state index is 0.491. The second-order valence-electron chi connectivity index (χ2n) is 4.26. The molecule has 1 aromatic heterocycles. The molecule has 0 saturated heterocycles. The van der Waals surface area contributed by atoms with Crippen LogP contribution in [0.1, 0.15) is 17.5 Å². The molecular formula is C14H18N2O4. The van der Waals surface area contributed by atoms with Crippen LogP contribution in [0.5, 0.6) is 17.2 Å². The van der Waals surface area contributed by atoms with Crippen LogP contribution < -0.4 is 14.2 Å². The number of benzene rings is 1. The van der Waals surface area contributed by atoms with Crippen LogP contribution in [-0.2, 0) is 7.05 Å². The summed E-state index contributed by atoms with van der Waals surface area (Å²) in [6.07, 6.45) is 2.54. The number of hydrogen-bond donors (Lipinski definition) is 1. The molecule has 0 aliphatic heterocycles. The third-order valence-corrected chi connectivity index (χ3v) is 3.11. The van der Waals surface area contributed by atoms with Crippen LogP contribution >= 0.6 is 0 Å². The number of nitrogens with zero attached hydrogens (tertiary/aromatic N) is 2. The molecule has 1 unspecified atom stereocenters. The van der Waals surface area contributed by atoms with Crippen LogP contribution in [0.4, 0.5) is 0 Å². The van der Waals surface area contributed by atoms with E-state index in [-0.39, 0.29) is 0 Å². The average Bonchev–Trinajstić information content (AvgIpc) is 2.90. The molecule has 108 valence electrons. The maximum Gasteiger partial charge on any atom is 0.203 e. The normalized spacial score (nSPS) is 12.1. The Morgan fingerprint density at radius 2 is 1.70 bits per heavy atom. The summed E-state index contributed by atoms with van der Waals surface area (Å²) in [6.45, 7) is 0. The number of hydrogen-bond acceptors (Lipinski definition) is 5. The first kappa shape index (κ1) is 14.2. The van der Waals surface area contributed by atoms with Crippen LogP contribution in [0, 0.1) is 0 Å². The van der Waals surface area contributed by atoms with E-state index < -0.39 is 6.10 Å². The number of aliphatic hydroxyl groups excluding tert-OH is 1. The van der Waals surface area contributed by atoms with Gasteiger partial charge in [-0.1, -0.05) is 0 Å². The van der Waals surface area contributed by atoms with E-state index in [1.807, 2.05) is 7.05 Å². The van der Waals surface area contributed by atoms with Gasteiger partial charge in [0, 0.05) is 19.4 Å². The highest BCUT2D eigenvalue weighted by molar-refractivity contribution is 5.54. The van der Waals surface area contributed by atoms with E-state index >= 15 is 0 Å². The first-order valence-electron chi connectivity index (χ1n) is 6.07. The Hall–Kier alpha value is -2.21. The maximum absolute atomic E-state index is 10.4. The van der Waals surface area contributed by atoms with Gasteiger partial charge in [-0.15, -0.1) is 0 Å². The van der Waals surface area contributed by atoms with Gasteiger partial charge >= 0.3 is 0 Å². The van der Waals surface area contributed by atoms with E-state index in [2.05, 4.69) is 4.98 Å². The Kier molecular flexibility index (Phi) is 4.14. The molecule has 0 bridgehead atoms. The molecule has 1 N–H and O–H groups in total. The third-order valence-electron chi connectivity index (χ3n) is 3.11. The van der Waals surface area contributed by atoms with Gasteiger partial charge in [0.25, 0.3) is 0 Å². The second kappa shape index (κ2) is 5.83. The molecule has 0 saturated carbocycles. The van der Waals surface area contributed by atoms with Crippen LogP contribution in [0.2, 0.25) is 0 Å². The second-order valence-corrected chi connectivity index (χ2v) is 4.26. The molecule has 6 heteroatoms. The van der Waals surface area contributed by atoms with Gasteiger partial charge in [0.15, 0.2) is 11.5 Å². The topological polar surface area (TPSA) is 65.7 Å². The molecule has 0 aliphatic carbocycles. The monoisotopic (exact) mass is 278 g/mol. The van der Waals surface area contributed by atoms with E-state index in [0.717, 1.165) is 0 Å². The van der Waals surface area contributed by atoms with Gasteiger partial charge in [-0.2, -0.15) is 0 Å². The first-order valence-corrected chi connectivity index (χ1v) is 6.07. The highest BCUT2D eigenvalue weighted by Crippen LogP contribution is 2.40. The summed E-state index contributed by atoms with van der Waals surface area (Å²) in [7, 11) is 6.43. The Bertz CT molecular complexity index is 570. The number of methoxy groups -OCH3 is 3. The number of aliphatic hydroxyl groups is 1. The Labute approximate surface area is 117 Å². The van der Waals surface area contributed by atoms with Crippen LogP contribution in [0.3, 0.4) is 0 Å². The molecule has 1 atom stereocenters. The van der Waals surface area contributed by atoms with E-state index in [9.17, 15) is 5.11 Å². The Morgan fingerprint density at radius 3 is 2.10 bits per heavy atom. The molecule has 1 aromatic carbocycles. The van der Waals surface area contributed by atoms with Crippen molar-refractivity contribution >= 4 is 0 Å². The van der Waals surface area contributed by atoms with Gasteiger partial charge in [-0.05, 0) is 17.7 Å². The molecular weight excluding hydrogens is 260 g/mol. The van der Waals surface area contributed by atoms with Crippen LogP contribution in [0.15, 0.2) is 24.5 Å². The van der Waals surface area contributed by atoms with Crippen LogP contribution in [0.25, 0.3) is 0 Å². The zero-order valence-electron chi connectivity index (χ0n) is 12.0. The summed E-state index contributed by atoms with van der Waals surface area (Å²) < 4.78 is 17.6. The van der Waals surface area contributed by atoms with Gasteiger partial charge in [0.1, 0.15) is 11.9 Å². The van der Waals surface area contributed by atoms with Crippen molar-refractivity contribution in [2.75, 3.05) is 21.3 Å². The molecule has 0 fully saturated rings. The lowest BCUT2D eigenvalue weighted by Gasteiger charge is -2.17. The minimum Gasteiger partial charge on any atom is -0.493 e. The summed E-state index contributed by atoms with van der Waals surface area (Å²) in [5.41, 5.74) is 0.619. The minimum atomic E-state index is -0.872. The van der Waals surface area contributed by atoms with Crippen molar-refractivity contribution < 1.29 is 19.3 Å². The number of aromatic nitrogens is 2. The summed E-state index contributed by atoms with van der Waals surface area (Å²) in [4.78, 5) is 4.15. The van der Waals surface area contributed by atoms with Crippen molar-refractivity contribution in [3.63, 3.8) is 0 Å². The first-order chi connectivity index (χ1) is 9.62. The summed E-state index contributed by atoms with van der Waals surface area (Å²) >= 11 is 0. The standard InChI is InChI=1S/C14H18N2O4/c1-16-6-5-15-14(16)12(17)9-7-10(18-2)13(20-4)11(8-9)19-3/h5-8,12,17H,1-4H3. The number of ether oxygens (including phenoxy) is 3. The number of aryl methyl sites for hydroxylation is 1. The van der Waals surface area contributed by atoms with E-state index in [4.69, 9.17) is 14.2 Å². The van der Waals surface area contributed by atoms with Crippen molar-refractivity contribution in [1.82, 2.24) is 9.55 Å². The SMILES string of the molecule is COc1cc(C(O)c2nccn2C)cc(OC)c1OC. The Morgan fingerprint density at radius 1 is 1.10 bits per heavy atom. The zero-order valence-corrected chi connectivity index (χ0v) is 12.0. The molecule has 20 heavy (non-hydrogen) atoms. The van der Waals surface area contributed by atoms with Gasteiger partial charge in [0.2, 0.25) is 5.75 Å². The third kappa shape index (κ3) is 2.42. The quantitative estimate of drug-likeness (QED) is 0.898. The summed E-state index contributed by atoms with van der Waals surface area (Å²) in [6, 6.07) is 3.42. The van der Waals surface area contributed by atoms with E-state index in [1.165, 1.54) is 21.3 Å². The smallest absolute Gasteiger partial charge is 0.203 e. The molecule has 2 rings (SSSR count). The van der Waals surface area contributed by atoms with Crippen molar-refractivity contribution in [2.24, 2.45) is 7.05 Å². The molecule has 2 aromatic rings. The highest BCUT2D eigenvalue weighted by Gasteiger charge is 2.20. The van der Waals surface area contributed by atoms with Crippen molar-refractivity contribution in [3.8, 4) is 17.2 Å². The van der Waals surface area contributed by atoms with Crippen molar-refractivity contribution in [3.05, 3.63) is 35.9 Å². The van der Waals surface area contributed by atoms with E-state index in [1.54, 1.807) is 29.1 Å².